The fourth-order valence-corrected chi connectivity index (χ4v) is 4.56. The molecule has 0 amide bonds. The van der Waals surface area contributed by atoms with Crippen molar-refractivity contribution < 1.29 is 9.32 Å². The van der Waals surface area contributed by atoms with Gasteiger partial charge in [0.05, 0.1) is 0 Å². The first-order valence-electron chi connectivity index (χ1n) is 7.20. The maximum atomic E-state index is 12.9. The monoisotopic (exact) mass is 338 g/mol. The van der Waals surface area contributed by atoms with Crippen molar-refractivity contribution in [1.82, 2.24) is 0 Å². The molecule has 4 heteroatoms. The SMILES string of the molecule is O=C(c1ccc(Cl)cc1)P1Oc2ccccc2-c2ccccc21. The van der Waals surface area contributed by atoms with Gasteiger partial charge in [-0.1, -0.05) is 54.1 Å². The zero-order valence-electron chi connectivity index (χ0n) is 12.1. The number of hydrogen-bond donors (Lipinski definition) is 0. The summed E-state index contributed by atoms with van der Waals surface area (Å²) < 4.78 is 6.09. The molecule has 1 aliphatic heterocycles. The quantitative estimate of drug-likeness (QED) is 0.596. The van der Waals surface area contributed by atoms with Crippen LogP contribution in [0.2, 0.25) is 5.02 Å². The summed E-state index contributed by atoms with van der Waals surface area (Å²) in [6.45, 7) is 0. The van der Waals surface area contributed by atoms with Crippen LogP contribution in [0.5, 0.6) is 5.75 Å². The summed E-state index contributed by atoms with van der Waals surface area (Å²) >= 11 is 5.91. The average Bonchev–Trinajstić information content (AvgIpc) is 2.61. The van der Waals surface area contributed by atoms with Crippen molar-refractivity contribution in [1.29, 1.82) is 0 Å². The van der Waals surface area contributed by atoms with E-state index in [1.54, 1.807) is 24.3 Å². The fourth-order valence-electron chi connectivity index (χ4n) is 2.66. The van der Waals surface area contributed by atoms with Crippen LogP contribution in [-0.2, 0) is 0 Å². The van der Waals surface area contributed by atoms with E-state index in [4.69, 9.17) is 16.1 Å². The van der Waals surface area contributed by atoms with Gasteiger partial charge in [-0.2, -0.15) is 0 Å². The van der Waals surface area contributed by atoms with E-state index >= 15 is 0 Å². The van der Waals surface area contributed by atoms with Crippen LogP contribution in [0.4, 0.5) is 0 Å². The molecule has 2 nitrogen and oxygen atoms in total. The molecule has 112 valence electrons. The number of halogens is 1. The number of hydrogen-bond acceptors (Lipinski definition) is 2. The Morgan fingerprint density at radius 1 is 0.826 bits per heavy atom. The van der Waals surface area contributed by atoms with Gasteiger partial charge in [-0.05, 0) is 35.9 Å². The molecular formula is C19H12ClO2P. The molecule has 3 aromatic rings. The van der Waals surface area contributed by atoms with Crippen LogP contribution in [0.15, 0.2) is 72.8 Å². The Balaban J connectivity index is 1.82. The second kappa shape index (κ2) is 5.81. The molecule has 1 atom stereocenters. The summed E-state index contributed by atoms with van der Waals surface area (Å²) in [5.41, 5.74) is 2.72. The third kappa shape index (κ3) is 2.55. The van der Waals surface area contributed by atoms with Crippen molar-refractivity contribution >= 4 is 30.6 Å². The van der Waals surface area contributed by atoms with Gasteiger partial charge in [-0.3, -0.25) is 4.79 Å². The molecule has 3 aromatic carbocycles. The molecule has 1 unspecified atom stereocenters. The fraction of sp³-hybridized carbons (Fsp3) is 0. The molecule has 4 rings (SSSR count). The first-order valence-corrected chi connectivity index (χ1v) is 8.84. The number of rotatable bonds is 2. The van der Waals surface area contributed by atoms with Crippen molar-refractivity contribution in [3.05, 3.63) is 83.4 Å². The van der Waals surface area contributed by atoms with E-state index in [0.717, 1.165) is 22.2 Å². The molecule has 23 heavy (non-hydrogen) atoms. The van der Waals surface area contributed by atoms with Crippen molar-refractivity contribution in [3.63, 3.8) is 0 Å². The Labute approximate surface area is 140 Å². The molecule has 0 radical (unpaired) electrons. The van der Waals surface area contributed by atoms with Gasteiger partial charge in [0.25, 0.3) is 0 Å². The Morgan fingerprint density at radius 2 is 1.48 bits per heavy atom. The van der Waals surface area contributed by atoms with Gasteiger partial charge in [0.1, 0.15) is 5.75 Å². The van der Waals surface area contributed by atoms with Gasteiger partial charge < -0.3 is 4.52 Å². The summed E-state index contributed by atoms with van der Waals surface area (Å²) in [6, 6.07) is 22.7. The topological polar surface area (TPSA) is 26.3 Å². The van der Waals surface area contributed by atoms with E-state index in [1.807, 2.05) is 48.5 Å². The number of carbonyl (C=O) groups excluding carboxylic acids is 1. The maximum absolute atomic E-state index is 12.9. The molecule has 0 spiro atoms. The zero-order valence-corrected chi connectivity index (χ0v) is 13.7. The predicted molar refractivity (Wildman–Crippen MR) is 94.8 cm³/mol. The van der Waals surface area contributed by atoms with Crippen LogP contribution >= 0.6 is 19.7 Å². The lowest BCUT2D eigenvalue weighted by Gasteiger charge is -2.27. The Hall–Kier alpha value is -2.15. The molecule has 0 aliphatic carbocycles. The largest absolute Gasteiger partial charge is 0.460 e. The highest BCUT2D eigenvalue weighted by molar-refractivity contribution is 7.78. The van der Waals surface area contributed by atoms with Crippen molar-refractivity contribution in [2.75, 3.05) is 0 Å². The molecule has 1 heterocycles. The second-order valence-electron chi connectivity index (χ2n) is 5.21. The molecule has 0 saturated carbocycles. The minimum Gasteiger partial charge on any atom is -0.460 e. The molecule has 0 N–H and O–H groups in total. The van der Waals surface area contributed by atoms with Gasteiger partial charge in [0.2, 0.25) is 5.52 Å². The summed E-state index contributed by atoms with van der Waals surface area (Å²) in [7, 11) is -1.40. The van der Waals surface area contributed by atoms with E-state index in [0.29, 0.717) is 10.6 Å². The Morgan fingerprint density at radius 3 is 2.26 bits per heavy atom. The number of carbonyl (C=O) groups is 1. The lowest BCUT2D eigenvalue weighted by atomic mass is 10.0. The minimum atomic E-state index is -1.40. The van der Waals surface area contributed by atoms with E-state index < -0.39 is 8.15 Å². The third-order valence-corrected chi connectivity index (χ3v) is 5.85. The molecule has 0 aromatic heterocycles. The van der Waals surface area contributed by atoms with Crippen molar-refractivity contribution in [2.24, 2.45) is 0 Å². The summed E-state index contributed by atoms with van der Waals surface area (Å²) in [4.78, 5) is 12.9. The Bertz CT molecular complexity index is 890. The molecule has 0 fully saturated rings. The van der Waals surface area contributed by atoms with Gasteiger partial charge in [-0.25, -0.2) is 0 Å². The number of benzene rings is 3. The van der Waals surface area contributed by atoms with Crippen LogP contribution in [0.1, 0.15) is 10.4 Å². The van der Waals surface area contributed by atoms with E-state index in [1.165, 1.54) is 0 Å². The standard InChI is InChI=1S/C19H12ClO2P/c20-14-11-9-13(10-12-14)19(21)23-18-8-4-2-6-16(18)15-5-1-3-7-17(15)22-23/h1-12H. The average molecular weight is 339 g/mol. The van der Waals surface area contributed by atoms with Crippen LogP contribution in [0.25, 0.3) is 11.1 Å². The van der Waals surface area contributed by atoms with E-state index in [2.05, 4.69) is 0 Å². The third-order valence-electron chi connectivity index (χ3n) is 3.77. The van der Waals surface area contributed by atoms with E-state index in [9.17, 15) is 4.79 Å². The first kappa shape index (κ1) is 14.4. The predicted octanol–water partition coefficient (Wildman–Crippen LogP) is 5.26. The summed E-state index contributed by atoms with van der Waals surface area (Å²) in [5.74, 6) is 0.764. The molecule has 0 bridgehead atoms. The molecule has 1 aliphatic rings. The number of fused-ring (bicyclic) bond motifs is 3. The summed E-state index contributed by atoms with van der Waals surface area (Å²) in [5, 5.41) is 1.57. The van der Waals surface area contributed by atoms with Gasteiger partial charge in [-0.15, -0.1) is 0 Å². The lowest BCUT2D eigenvalue weighted by molar-refractivity contribution is 0.107. The number of para-hydroxylation sites is 1. The normalized spacial score (nSPS) is 15.3. The van der Waals surface area contributed by atoms with Crippen LogP contribution in [-0.4, -0.2) is 5.52 Å². The Kier molecular flexibility index (Phi) is 3.65. The van der Waals surface area contributed by atoms with Crippen LogP contribution < -0.4 is 9.83 Å². The van der Waals surface area contributed by atoms with Crippen LogP contribution in [0, 0.1) is 0 Å². The van der Waals surface area contributed by atoms with Crippen molar-refractivity contribution in [3.8, 4) is 16.9 Å². The van der Waals surface area contributed by atoms with E-state index in [-0.39, 0.29) is 5.52 Å². The highest BCUT2D eigenvalue weighted by Crippen LogP contribution is 2.50. The maximum Gasteiger partial charge on any atom is 0.228 e. The lowest BCUT2D eigenvalue weighted by Crippen LogP contribution is -2.19. The van der Waals surface area contributed by atoms with Gasteiger partial charge >= 0.3 is 0 Å². The van der Waals surface area contributed by atoms with Gasteiger partial charge in [0.15, 0.2) is 8.15 Å². The summed E-state index contributed by atoms with van der Waals surface area (Å²) in [6.07, 6.45) is 0. The van der Waals surface area contributed by atoms with Crippen molar-refractivity contribution in [2.45, 2.75) is 0 Å². The van der Waals surface area contributed by atoms with Gasteiger partial charge in [0, 0.05) is 21.5 Å². The highest BCUT2D eigenvalue weighted by Gasteiger charge is 2.32. The molecular weight excluding hydrogens is 327 g/mol. The first-order chi connectivity index (χ1) is 11.2. The zero-order chi connectivity index (χ0) is 15.8. The minimum absolute atomic E-state index is 0.00128. The smallest absolute Gasteiger partial charge is 0.228 e. The second-order valence-corrected chi connectivity index (χ2v) is 7.31. The highest BCUT2D eigenvalue weighted by atomic mass is 35.5. The van der Waals surface area contributed by atoms with Crippen LogP contribution in [0.3, 0.4) is 0 Å². The molecule has 0 saturated heterocycles.